The average molecular weight is 427 g/mol. The molecule has 0 bridgehead atoms. The Hall–Kier alpha value is -1.99. The second kappa shape index (κ2) is 6.72. The van der Waals surface area contributed by atoms with Crippen molar-refractivity contribution in [3.63, 3.8) is 0 Å². The van der Waals surface area contributed by atoms with Crippen LogP contribution in [0, 0.1) is 0 Å². The quantitative estimate of drug-likeness (QED) is 0.521. The number of halogens is 4. The van der Waals surface area contributed by atoms with E-state index in [0.717, 1.165) is 44.0 Å². The number of carbonyl (C=O) groups is 1. The van der Waals surface area contributed by atoms with Gasteiger partial charge in [0.25, 0.3) is 0 Å². The summed E-state index contributed by atoms with van der Waals surface area (Å²) < 4.78 is 40.2. The molecule has 3 aromatic rings. The molecule has 0 saturated heterocycles. The van der Waals surface area contributed by atoms with Gasteiger partial charge in [-0.15, -0.1) is 0 Å². The van der Waals surface area contributed by atoms with Gasteiger partial charge >= 0.3 is 12.1 Å². The molecular weight excluding hydrogens is 417 g/mol. The van der Waals surface area contributed by atoms with E-state index in [1.54, 1.807) is 0 Å². The molecule has 3 rings (SSSR count). The minimum Gasteiger partial charge on any atom is -0.478 e. The fraction of sp³-hybridized carbons (Fsp3) is 0.0556. The van der Waals surface area contributed by atoms with Gasteiger partial charge in [0.05, 0.1) is 11.1 Å². The van der Waals surface area contributed by atoms with Gasteiger partial charge in [-0.3, -0.25) is 0 Å². The van der Waals surface area contributed by atoms with Crippen molar-refractivity contribution in [2.75, 3.05) is 0 Å². The first-order valence-corrected chi connectivity index (χ1v) is 8.67. The predicted molar refractivity (Wildman–Crippen MR) is 94.2 cm³/mol. The third-order valence-electron chi connectivity index (χ3n) is 3.54. The lowest BCUT2D eigenvalue weighted by atomic mass is 10.1. The van der Waals surface area contributed by atoms with Gasteiger partial charge < -0.3 is 5.11 Å². The first kappa shape index (κ1) is 17.8. The van der Waals surface area contributed by atoms with Crippen LogP contribution >= 0.6 is 27.7 Å². The number of hydrogen-bond acceptors (Lipinski definition) is 2. The molecule has 0 aromatic heterocycles. The van der Waals surface area contributed by atoms with Crippen molar-refractivity contribution in [2.24, 2.45) is 0 Å². The normalized spacial score (nSPS) is 11.7. The number of hydrogen-bond donors (Lipinski definition) is 1. The largest absolute Gasteiger partial charge is 0.478 e. The number of carboxylic acids is 1. The zero-order valence-corrected chi connectivity index (χ0v) is 14.9. The highest BCUT2D eigenvalue weighted by molar-refractivity contribution is 9.10. The fourth-order valence-electron chi connectivity index (χ4n) is 2.40. The Morgan fingerprint density at radius 3 is 2.20 bits per heavy atom. The molecular formula is C18H10BrF3O2S. The van der Waals surface area contributed by atoms with Crippen molar-refractivity contribution in [1.29, 1.82) is 0 Å². The second-order valence-corrected chi connectivity index (χ2v) is 7.33. The van der Waals surface area contributed by atoms with E-state index in [9.17, 15) is 18.0 Å². The summed E-state index contributed by atoms with van der Waals surface area (Å²) in [5.74, 6) is -1.60. The molecule has 0 spiro atoms. The van der Waals surface area contributed by atoms with E-state index in [-0.39, 0.29) is 0 Å². The highest BCUT2D eigenvalue weighted by Crippen LogP contribution is 2.37. The molecule has 0 unspecified atom stereocenters. The maximum Gasteiger partial charge on any atom is 0.417 e. The van der Waals surface area contributed by atoms with E-state index in [0.29, 0.717) is 4.90 Å². The van der Waals surface area contributed by atoms with Gasteiger partial charge in [0.15, 0.2) is 0 Å². The molecule has 0 heterocycles. The summed E-state index contributed by atoms with van der Waals surface area (Å²) >= 11 is 4.54. The number of aromatic carboxylic acids is 1. The summed E-state index contributed by atoms with van der Waals surface area (Å²) in [5, 5.41) is 10.9. The maximum atomic E-state index is 13.1. The van der Waals surface area contributed by atoms with E-state index in [1.165, 1.54) is 6.07 Å². The molecule has 0 fully saturated rings. The van der Waals surface area contributed by atoms with Gasteiger partial charge in [-0.1, -0.05) is 39.8 Å². The van der Waals surface area contributed by atoms with Gasteiger partial charge in [0.2, 0.25) is 0 Å². The second-order valence-electron chi connectivity index (χ2n) is 5.27. The molecule has 0 aliphatic carbocycles. The monoisotopic (exact) mass is 426 g/mol. The molecule has 0 saturated carbocycles. The van der Waals surface area contributed by atoms with Crippen molar-refractivity contribution >= 4 is 44.4 Å². The smallest absolute Gasteiger partial charge is 0.417 e. The summed E-state index contributed by atoms with van der Waals surface area (Å²) in [6.07, 6.45) is -4.72. The van der Waals surface area contributed by atoms with Crippen molar-refractivity contribution in [3.8, 4) is 0 Å². The summed E-state index contributed by atoms with van der Waals surface area (Å²) in [7, 11) is 0. The molecule has 0 atom stereocenters. The lowest BCUT2D eigenvalue weighted by molar-refractivity contribution is -0.138. The van der Waals surface area contributed by atoms with Gasteiger partial charge in [-0.2, -0.15) is 13.2 Å². The van der Waals surface area contributed by atoms with Crippen LogP contribution in [-0.4, -0.2) is 11.1 Å². The highest BCUT2D eigenvalue weighted by Gasteiger charge is 2.35. The summed E-state index contributed by atoms with van der Waals surface area (Å²) in [4.78, 5) is 12.1. The van der Waals surface area contributed by atoms with Crippen LogP contribution in [0.4, 0.5) is 13.2 Å². The van der Waals surface area contributed by atoms with Gasteiger partial charge in [0.1, 0.15) is 0 Å². The zero-order chi connectivity index (χ0) is 18.2. The van der Waals surface area contributed by atoms with Crippen LogP contribution in [0.5, 0.6) is 0 Å². The van der Waals surface area contributed by atoms with Crippen molar-refractivity contribution in [1.82, 2.24) is 0 Å². The fourth-order valence-corrected chi connectivity index (χ4v) is 3.69. The van der Waals surface area contributed by atoms with Crippen LogP contribution < -0.4 is 0 Å². The summed E-state index contributed by atoms with van der Waals surface area (Å²) in [5.41, 5.74) is -1.89. The number of benzene rings is 3. The van der Waals surface area contributed by atoms with E-state index < -0.39 is 23.3 Å². The average Bonchev–Trinajstić information content (AvgIpc) is 2.54. The van der Waals surface area contributed by atoms with Gasteiger partial charge in [-0.05, 0) is 53.2 Å². The SMILES string of the molecule is O=C(O)c1ccc(Sc2ccc3cc(Br)ccc3c2)cc1C(F)(F)F. The van der Waals surface area contributed by atoms with E-state index in [2.05, 4.69) is 15.9 Å². The molecule has 0 radical (unpaired) electrons. The minimum atomic E-state index is -4.72. The Bertz CT molecular complexity index is 970. The van der Waals surface area contributed by atoms with Crippen molar-refractivity contribution in [3.05, 3.63) is 70.2 Å². The van der Waals surface area contributed by atoms with Crippen LogP contribution in [0.15, 0.2) is 68.9 Å². The number of rotatable bonds is 3. The van der Waals surface area contributed by atoms with Crippen LogP contribution in [0.3, 0.4) is 0 Å². The third kappa shape index (κ3) is 3.99. The summed E-state index contributed by atoms with van der Waals surface area (Å²) in [6.45, 7) is 0. The van der Waals surface area contributed by atoms with Crippen molar-refractivity contribution < 1.29 is 23.1 Å². The molecule has 7 heteroatoms. The van der Waals surface area contributed by atoms with Crippen LogP contribution in [0.25, 0.3) is 10.8 Å². The lowest BCUT2D eigenvalue weighted by Gasteiger charge is -2.12. The lowest BCUT2D eigenvalue weighted by Crippen LogP contribution is -2.12. The molecule has 0 amide bonds. The Balaban J connectivity index is 1.98. The topological polar surface area (TPSA) is 37.3 Å². The Kier molecular flexibility index (Phi) is 4.79. The predicted octanol–water partition coefficient (Wildman–Crippen LogP) is 6.47. The van der Waals surface area contributed by atoms with E-state index in [4.69, 9.17) is 5.11 Å². The number of fused-ring (bicyclic) bond motifs is 1. The van der Waals surface area contributed by atoms with E-state index >= 15 is 0 Å². The molecule has 3 aromatic carbocycles. The number of carboxylic acid groups (broad SMARTS) is 1. The van der Waals surface area contributed by atoms with Gasteiger partial charge in [-0.25, -0.2) is 4.79 Å². The van der Waals surface area contributed by atoms with E-state index in [1.807, 2.05) is 36.4 Å². The molecule has 25 heavy (non-hydrogen) atoms. The first-order valence-electron chi connectivity index (χ1n) is 7.06. The first-order chi connectivity index (χ1) is 11.7. The maximum absolute atomic E-state index is 13.1. The third-order valence-corrected chi connectivity index (χ3v) is 5.01. The minimum absolute atomic E-state index is 0.328. The number of alkyl halides is 3. The van der Waals surface area contributed by atoms with Crippen LogP contribution in [0.2, 0.25) is 0 Å². The zero-order valence-electron chi connectivity index (χ0n) is 12.5. The Labute approximate surface area is 153 Å². The molecule has 2 nitrogen and oxygen atoms in total. The standard InChI is InChI=1S/C18H10BrF3O2S/c19-12-3-1-11-8-13(4-2-10(11)7-12)25-14-5-6-15(17(23)24)16(9-14)18(20,21)22/h1-9H,(H,23,24). The molecule has 128 valence electrons. The summed E-state index contributed by atoms with van der Waals surface area (Å²) in [6, 6.07) is 14.6. The molecule has 0 aliphatic rings. The molecule has 0 aliphatic heterocycles. The van der Waals surface area contributed by atoms with Gasteiger partial charge in [0, 0.05) is 14.3 Å². The van der Waals surface area contributed by atoms with Crippen LogP contribution in [-0.2, 0) is 6.18 Å². The Morgan fingerprint density at radius 1 is 0.920 bits per heavy atom. The Morgan fingerprint density at radius 2 is 1.52 bits per heavy atom. The molecule has 1 N–H and O–H groups in total. The van der Waals surface area contributed by atoms with Crippen molar-refractivity contribution in [2.45, 2.75) is 16.0 Å². The van der Waals surface area contributed by atoms with Crippen LogP contribution in [0.1, 0.15) is 15.9 Å². The highest BCUT2D eigenvalue weighted by atomic mass is 79.9.